The van der Waals surface area contributed by atoms with Gasteiger partial charge >= 0.3 is 0 Å². The van der Waals surface area contributed by atoms with Crippen LogP contribution in [0.2, 0.25) is 0 Å². The number of carbonyl (C=O) groups is 2. The van der Waals surface area contributed by atoms with Gasteiger partial charge in [0, 0.05) is 36.8 Å². The quantitative estimate of drug-likeness (QED) is 0.0912. The molecule has 1 aliphatic rings. The van der Waals surface area contributed by atoms with Gasteiger partial charge in [0.25, 0.3) is 0 Å². The second-order valence-corrected chi connectivity index (χ2v) is 13.1. The number of amides is 1. The average molecular weight is 630 g/mol. The van der Waals surface area contributed by atoms with Crippen LogP contribution in [0.5, 0.6) is 11.5 Å². The molecule has 1 fully saturated rings. The number of aliphatic hydroxyl groups is 1. The van der Waals surface area contributed by atoms with Crippen molar-refractivity contribution >= 4 is 12.2 Å². The Morgan fingerprint density at radius 3 is 1.78 bits per heavy atom. The third kappa shape index (κ3) is 7.81. The molecule has 0 aromatic heterocycles. The number of rotatable bonds is 18. The molecule has 1 heterocycles. The Hall–Kier alpha value is -3.68. The fourth-order valence-electron chi connectivity index (χ4n) is 6.63. The molecule has 0 bridgehead atoms. The molecule has 0 unspecified atom stereocenters. The van der Waals surface area contributed by atoms with Crippen LogP contribution in [-0.2, 0) is 19.9 Å². The summed E-state index contributed by atoms with van der Waals surface area (Å²) >= 11 is 0. The lowest BCUT2D eigenvalue weighted by atomic mass is 9.68. The number of aldehydes is 1. The summed E-state index contributed by atoms with van der Waals surface area (Å²) in [5, 5.41) is 10.7. The highest BCUT2D eigenvalue weighted by Gasteiger charge is 2.54. The van der Waals surface area contributed by atoms with E-state index in [2.05, 4.69) is 26.0 Å². The molecule has 248 valence electrons. The van der Waals surface area contributed by atoms with Crippen molar-refractivity contribution in [3.05, 3.63) is 95.6 Å². The standard InChI is InChI=1S/C39H51NO6/c1-37(29-42)27-40(36(43)17-13-8-6-5-7-9-14-26-41)28-38(37,2)30-46-39(31-15-11-10-12-16-31,32-18-22-34(44-3)23-19-32)33-20-24-35(45-4)25-21-33/h10-12,15-16,18-26,42H,5-9,13-14,17,27-30H2,1-4H3/t37-,38+/m0/s1. The van der Waals surface area contributed by atoms with E-state index in [1.165, 1.54) is 0 Å². The van der Waals surface area contributed by atoms with Crippen LogP contribution in [-0.4, -0.2) is 62.7 Å². The Morgan fingerprint density at radius 2 is 1.26 bits per heavy atom. The van der Waals surface area contributed by atoms with Gasteiger partial charge in [-0.2, -0.15) is 0 Å². The number of hydrogen-bond donors (Lipinski definition) is 1. The number of carbonyl (C=O) groups excluding carboxylic acids is 2. The van der Waals surface area contributed by atoms with Crippen LogP contribution >= 0.6 is 0 Å². The molecule has 3 aromatic carbocycles. The molecule has 0 spiro atoms. The first-order valence-corrected chi connectivity index (χ1v) is 16.6. The highest BCUT2D eigenvalue weighted by Crippen LogP contribution is 2.49. The Bertz CT molecular complexity index is 1330. The van der Waals surface area contributed by atoms with Gasteiger partial charge in [-0.25, -0.2) is 0 Å². The number of unbranched alkanes of at least 4 members (excludes halogenated alkanes) is 6. The van der Waals surface area contributed by atoms with E-state index in [0.29, 0.717) is 32.5 Å². The van der Waals surface area contributed by atoms with Gasteiger partial charge in [0.2, 0.25) is 5.91 Å². The summed E-state index contributed by atoms with van der Waals surface area (Å²) in [5.74, 6) is 1.63. The molecule has 7 nitrogen and oxygen atoms in total. The van der Waals surface area contributed by atoms with Crippen molar-refractivity contribution in [1.82, 2.24) is 4.90 Å². The van der Waals surface area contributed by atoms with Crippen LogP contribution in [0.15, 0.2) is 78.9 Å². The predicted octanol–water partition coefficient (Wildman–Crippen LogP) is 7.18. The Labute approximate surface area is 274 Å². The number of likely N-dealkylation sites (tertiary alicyclic amines) is 1. The lowest BCUT2D eigenvalue weighted by Gasteiger charge is -2.43. The molecule has 1 N–H and O–H groups in total. The first-order valence-electron chi connectivity index (χ1n) is 16.6. The normalized spacial score (nSPS) is 19.6. The molecular weight excluding hydrogens is 578 g/mol. The van der Waals surface area contributed by atoms with E-state index >= 15 is 0 Å². The van der Waals surface area contributed by atoms with Crippen LogP contribution in [0.4, 0.5) is 0 Å². The first kappa shape index (κ1) is 35.2. The number of benzene rings is 3. The van der Waals surface area contributed by atoms with Gasteiger partial charge in [-0.15, -0.1) is 0 Å². The lowest BCUT2D eigenvalue weighted by Crippen LogP contribution is -2.46. The van der Waals surface area contributed by atoms with Gasteiger partial charge in [-0.1, -0.05) is 94.1 Å². The molecule has 0 saturated carbocycles. The molecule has 46 heavy (non-hydrogen) atoms. The first-order chi connectivity index (χ1) is 22.2. The van der Waals surface area contributed by atoms with E-state index in [1.54, 1.807) is 14.2 Å². The third-order valence-electron chi connectivity index (χ3n) is 9.98. The summed E-state index contributed by atoms with van der Waals surface area (Å²) in [4.78, 5) is 25.9. The number of nitrogens with zero attached hydrogens (tertiary/aromatic N) is 1. The van der Waals surface area contributed by atoms with Crippen molar-refractivity contribution in [3.63, 3.8) is 0 Å². The Balaban J connectivity index is 1.60. The molecule has 1 aliphatic heterocycles. The predicted molar refractivity (Wildman–Crippen MR) is 181 cm³/mol. The molecular formula is C39H51NO6. The molecule has 0 aliphatic carbocycles. The maximum atomic E-state index is 13.4. The Kier molecular flexibility index (Phi) is 12.4. The molecule has 0 radical (unpaired) electrons. The van der Waals surface area contributed by atoms with Gasteiger partial charge in [-0.05, 0) is 53.8 Å². The van der Waals surface area contributed by atoms with Gasteiger partial charge in [0.1, 0.15) is 23.4 Å². The zero-order valence-electron chi connectivity index (χ0n) is 28.0. The van der Waals surface area contributed by atoms with Crippen molar-refractivity contribution < 1.29 is 28.9 Å². The molecule has 2 atom stereocenters. The Morgan fingerprint density at radius 1 is 0.761 bits per heavy atom. The maximum absolute atomic E-state index is 13.4. The summed E-state index contributed by atoms with van der Waals surface area (Å²) in [6.07, 6.45) is 8.13. The monoisotopic (exact) mass is 629 g/mol. The van der Waals surface area contributed by atoms with E-state index in [-0.39, 0.29) is 12.5 Å². The second kappa shape index (κ2) is 16.2. The SMILES string of the molecule is COc1ccc(C(OC[C@@]2(C)CN(C(=O)CCCCCCCCC=O)C[C@@]2(C)CO)(c2ccccc2)c2ccc(OC)cc2)cc1. The maximum Gasteiger partial charge on any atom is 0.222 e. The van der Waals surface area contributed by atoms with Crippen LogP contribution in [0.3, 0.4) is 0 Å². The molecule has 4 rings (SSSR count). The highest BCUT2D eigenvalue weighted by atomic mass is 16.5. The molecule has 1 amide bonds. The number of methoxy groups -OCH3 is 2. The minimum Gasteiger partial charge on any atom is -0.497 e. The summed E-state index contributed by atoms with van der Waals surface area (Å²) in [6.45, 7) is 5.44. The van der Waals surface area contributed by atoms with Crippen molar-refractivity contribution in [2.75, 3.05) is 40.5 Å². The van der Waals surface area contributed by atoms with Crippen molar-refractivity contribution in [1.29, 1.82) is 0 Å². The third-order valence-corrected chi connectivity index (χ3v) is 9.98. The fourth-order valence-corrected chi connectivity index (χ4v) is 6.63. The zero-order valence-corrected chi connectivity index (χ0v) is 28.0. The topological polar surface area (TPSA) is 85.3 Å². The summed E-state index contributed by atoms with van der Waals surface area (Å²) in [6, 6.07) is 26.1. The van der Waals surface area contributed by atoms with Crippen LogP contribution in [0.1, 0.15) is 81.9 Å². The van der Waals surface area contributed by atoms with Crippen LogP contribution in [0.25, 0.3) is 0 Å². The number of hydrogen-bond acceptors (Lipinski definition) is 6. The van der Waals surface area contributed by atoms with Gasteiger partial charge in [0.15, 0.2) is 0 Å². The minimum absolute atomic E-state index is 0.0547. The van der Waals surface area contributed by atoms with E-state index in [1.807, 2.05) is 71.6 Å². The summed E-state index contributed by atoms with van der Waals surface area (Å²) in [7, 11) is 3.31. The fraction of sp³-hybridized carbons (Fsp3) is 0.487. The average Bonchev–Trinajstić information content (AvgIpc) is 3.37. The lowest BCUT2D eigenvalue weighted by molar-refractivity contribution is -0.131. The van der Waals surface area contributed by atoms with Crippen molar-refractivity contribution in [3.8, 4) is 11.5 Å². The zero-order chi connectivity index (χ0) is 33.0. The minimum atomic E-state index is -0.984. The molecule has 3 aromatic rings. The highest BCUT2D eigenvalue weighted by molar-refractivity contribution is 5.76. The smallest absolute Gasteiger partial charge is 0.222 e. The number of aliphatic hydroxyl groups excluding tert-OH is 1. The van der Waals surface area contributed by atoms with Crippen LogP contribution < -0.4 is 9.47 Å². The molecule has 7 heteroatoms. The van der Waals surface area contributed by atoms with Crippen molar-refractivity contribution in [2.45, 2.75) is 70.8 Å². The van der Waals surface area contributed by atoms with Crippen molar-refractivity contribution in [2.24, 2.45) is 10.8 Å². The van der Waals surface area contributed by atoms with Gasteiger partial charge in [-0.3, -0.25) is 4.79 Å². The largest absolute Gasteiger partial charge is 0.497 e. The molecule has 1 saturated heterocycles. The van der Waals surface area contributed by atoms with E-state index in [4.69, 9.17) is 14.2 Å². The van der Waals surface area contributed by atoms with E-state index < -0.39 is 16.4 Å². The van der Waals surface area contributed by atoms with Gasteiger partial charge in [0.05, 0.1) is 27.4 Å². The van der Waals surface area contributed by atoms with Gasteiger partial charge < -0.3 is 29.0 Å². The second-order valence-electron chi connectivity index (χ2n) is 13.1. The number of ether oxygens (including phenoxy) is 3. The summed E-state index contributed by atoms with van der Waals surface area (Å²) in [5.41, 5.74) is 0.796. The van der Waals surface area contributed by atoms with E-state index in [9.17, 15) is 14.7 Å². The van der Waals surface area contributed by atoms with E-state index in [0.717, 1.165) is 73.0 Å². The summed E-state index contributed by atoms with van der Waals surface area (Å²) < 4.78 is 18.2. The van der Waals surface area contributed by atoms with Crippen LogP contribution in [0, 0.1) is 10.8 Å².